The molecule has 0 aliphatic heterocycles. The Morgan fingerprint density at radius 3 is 2.20 bits per heavy atom. The average molecular weight is 288 g/mol. The predicted molar refractivity (Wildman–Crippen MR) is 77.2 cm³/mol. The smallest absolute Gasteiger partial charge is 0.282 e. The number of ketones is 1. The van der Waals surface area contributed by atoms with Gasteiger partial charge in [-0.05, 0) is 17.7 Å². The molecule has 0 aliphatic rings. The lowest BCUT2D eigenvalue weighted by Crippen LogP contribution is -2.11. The topological polar surface area (TPSA) is 60.2 Å². The number of hydrogen-bond donors (Lipinski definition) is 0. The summed E-state index contributed by atoms with van der Waals surface area (Å²) >= 11 is 5.75. The molecule has 0 unspecified atom stereocenters. The highest BCUT2D eigenvalue weighted by Gasteiger charge is 2.23. The van der Waals surface area contributed by atoms with Gasteiger partial charge in [-0.1, -0.05) is 54.1 Å². The summed E-state index contributed by atoms with van der Waals surface area (Å²) in [5.41, 5.74) is 0.355. The minimum absolute atomic E-state index is 0.282. The molecule has 5 heteroatoms. The number of halogens is 1. The summed E-state index contributed by atoms with van der Waals surface area (Å²) in [6, 6.07) is 14.6. The van der Waals surface area contributed by atoms with Crippen LogP contribution in [0.4, 0.5) is 0 Å². The van der Waals surface area contributed by atoms with Crippen LogP contribution in [0, 0.1) is 10.1 Å². The second-order valence-corrected chi connectivity index (χ2v) is 4.47. The van der Waals surface area contributed by atoms with E-state index in [9.17, 15) is 14.9 Å². The van der Waals surface area contributed by atoms with Gasteiger partial charge in [-0.15, -0.1) is 0 Å². The lowest BCUT2D eigenvalue weighted by atomic mass is 10.1. The summed E-state index contributed by atoms with van der Waals surface area (Å²) in [6.07, 6.45) is 1.24. The van der Waals surface area contributed by atoms with Crippen LogP contribution < -0.4 is 0 Å². The summed E-state index contributed by atoms with van der Waals surface area (Å²) in [6.45, 7) is 0. The minimum atomic E-state index is -0.677. The molecule has 0 bridgehead atoms. The van der Waals surface area contributed by atoms with Crippen molar-refractivity contribution in [1.82, 2.24) is 0 Å². The Morgan fingerprint density at radius 1 is 1.05 bits per heavy atom. The minimum Gasteiger partial charge on any atom is -0.282 e. The molecule has 0 spiro atoms. The van der Waals surface area contributed by atoms with Crippen molar-refractivity contribution in [2.24, 2.45) is 0 Å². The fourth-order valence-corrected chi connectivity index (χ4v) is 1.78. The molecule has 100 valence electrons. The zero-order valence-corrected chi connectivity index (χ0v) is 11.1. The van der Waals surface area contributed by atoms with E-state index >= 15 is 0 Å². The first-order valence-corrected chi connectivity index (χ1v) is 6.17. The van der Waals surface area contributed by atoms with E-state index in [1.807, 2.05) is 0 Å². The highest BCUT2D eigenvalue weighted by molar-refractivity contribution is 6.30. The molecule has 2 aromatic carbocycles. The summed E-state index contributed by atoms with van der Waals surface area (Å²) in [7, 11) is 0. The molecule has 0 atom stereocenters. The van der Waals surface area contributed by atoms with Gasteiger partial charge in [0.25, 0.3) is 5.78 Å². The number of rotatable bonds is 4. The van der Waals surface area contributed by atoms with E-state index < -0.39 is 16.4 Å². The fraction of sp³-hybridized carbons (Fsp3) is 0. The van der Waals surface area contributed by atoms with Crippen LogP contribution in [0.3, 0.4) is 0 Å². The summed E-state index contributed by atoms with van der Waals surface area (Å²) < 4.78 is 0. The van der Waals surface area contributed by atoms with Crippen LogP contribution in [-0.4, -0.2) is 10.7 Å². The first-order valence-electron chi connectivity index (χ1n) is 5.79. The molecule has 0 N–H and O–H groups in total. The second kappa shape index (κ2) is 6.12. The van der Waals surface area contributed by atoms with Gasteiger partial charge >= 0.3 is 5.70 Å². The zero-order chi connectivity index (χ0) is 14.5. The fourth-order valence-electron chi connectivity index (χ4n) is 1.66. The van der Waals surface area contributed by atoms with Crippen LogP contribution in [0.1, 0.15) is 15.9 Å². The van der Waals surface area contributed by atoms with E-state index in [1.165, 1.54) is 6.08 Å². The largest absolute Gasteiger partial charge is 0.317 e. The summed E-state index contributed by atoms with van der Waals surface area (Å²) in [5.74, 6) is -0.620. The van der Waals surface area contributed by atoms with Crippen molar-refractivity contribution < 1.29 is 9.72 Å². The molecule has 0 saturated heterocycles. The van der Waals surface area contributed by atoms with Gasteiger partial charge in [-0.3, -0.25) is 14.9 Å². The molecule has 2 aromatic rings. The number of benzene rings is 2. The zero-order valence-electron chi connectivity index (χ0n) is 10.3. The monoisotopic (exact) mass is 287 g/mol. The number of nitro groups is 1. The van der Waals surface area contributed by atoms with Gasteiger partial charge in [0.2, 0.25) is 0 Å². The van der Waals surface area contributed by atoms with Crippen molar-refractivity contribution in [1.29, 1.82) is 0 Å². The molecule has 4 nitrogen and oxygen atoms in total. The quantitative estimate of drug-likeness (QED) is 0.371. The molecule has 0 saturated carbocycles. The summed E-state index contributed by atoms with van der Waals surface area (Å²) in [5, 5.41) is 11.6. The van der Waals surface area contributed by atoms with E-state index in [2.05, 4.69) is 0 Å². The maximum absolute atomic E-state index is 12.1. The van der Waals surface area contributed by atoms with Gasteiger partial charge in [0.15, 0.2) is 0 Å². The highest BCUT2D eigenvalue weighted by Crippen LogP contribution is 2.16. The molecule has 0 amide bonds. The summed E-state index contributed by atoms with van der Waals surface area (Å²) in [4.78, 5) is 22.5. The third-order valence-corrected chi connectivity index (χ3v) is 2.89. The van der Waals surface area contributed by atoms with E-state index in [0.29, 0.717) is 10.6 Å². The van der Waals surface area contributed by atoms with Crippen molar-refractivity contribution in [3.63, 3.8) is 0 Å². The Hall–Kier alpha value is -2.46. The van der Waals surface area contributed by atoms with Crippen molar-refractivity contribution in [2.45, 2.75) is 0 Å². The third-order valence-electron chi connectivity index (χ3n) is 2.64. The second-order valence-electron chi connectivity index (χ2n) is 4.03. The predicted octanol–water partition coefficient (Wildman–Crippen LogP) is 3.84. The van der Waals surface area contributed by atoms with Crippen LogP contribution in [0.25, 0.3) is 6.08 Å². The van der Waals surface area contributed by atoms with Gasteiger partial charge in [0.05, 0.1) is 4.92 Å². The van der Waals surface area contributed by atoms with Gasteiger partial charge in [-0.2, -0.15) is 0 Å². The SMILES string of the molecule is O=C(/C(=C\c1ccc(Cl)cc1)[N+](=O)[O-])c1ccccc1. The Kier molecular flexibility index (Phi) is 4.27. The Balaban J connectivity index is 2.39. The Labute approximate surface area is 120 Å². The van der Waals surface area contributed by atoms with Gasteiger partial charge in [-0.25, -0.2) is 0 Å². The molecule has 20 heavy (non-hydrogen) atoms. The Bertz CT molecular complexity index is 663. The molecular weight excluding hydrogens is 278 g/mol. The molecule has 0 aliphatic carbocycles. The lowest BCUT2D eigenvalue weighted by molar-refractivity contribution is -0.415. The maximum atomic E-state index is 12.1. The van der Waals surface area contributed by atoms with E-state index in [-0.39, 0.29) is 5.56 Å². The van der Waals surface area contributed by atoms with Crippen LogP contribution in [0.2, 0.25) is 5.02 Å². The maximum Gasteiger partial charge on any atom is 0.317 e. The molecule has 0 heterocycles. The first kappa shape index (κ1) is 14.0. The number of carbonyl (C=O) groups excluding carboxylic acids is 1. The average Bonchev–Trinajstić information content (AvgIpc) is 2.46. The first-order chi connectivity index (χ1) is 9.58. The third kappa shape index (κ3) is 3.30. The number of hydrogen-bond acceptors (Lipinski definition) is 3. The van der Waals surface area contributed by atoms with Gasteiger partial charge in [0, 0.05) is 16.7 Å². The van der Waals surface area contributed by atoms with Crippen LogP contribution in [-0.2, 0) is 0 Å². The standard InChI is InChI=1S/C15H10ClNO3/c16-13-8-6-11(7-9-13)10-14(17(19)20)15(18)12-4-2-1-3-5-12/h1-10H/b14-10+. The van der Waals surface area contributed by atoms with Gasteiger partial charge in [0.1, 0.15) is 0 Å². The van der Waals surface area contributed by atoms with Gasteiger partial charge < -0.3 is 0 Å². The Morgan fingerprint density at radius 2 is 1.65 bits per heavy atom. The molecule has 2 rings (SSSR count). The van der Waals surface area contributed by atoms with Crippen molar-refractivity contribution in [3.05, 3.63) is 86.6 Å². The molecule has 0 aromatic heterocycles. The van der Waals surface area contributed by atoms with Crippen molar-refractivity contribution >= 4 is 23.5 Å². The van der Waals surface area contributed by atoms with Crippen LogP contribution in [0.15, 0.2) is 60.3 Å². The normalized spacial score (nSPS) is 11.2. The van der Waals surface area contributed by atoms with E-state index in [1.54, 1.807) is 54.6 Å². The number of allylic oxidation sites excluding steroid dienone is 1. The molecule has 0 radical (unpaired) electrons. The number of Topliss-reactive ketones (excluding diaryl/α,β-unsaturated/α-hetero) is 1. The number of nitrogens with zero attached hydrogens (tertiary/aromatic N) is 1. The molecule has 0 fully saturated rings. The van der Waals surface area contributed by atoms with Crippen molar-refractivity contribution in [2.75, 3.05) is 0 Å². The lowest BCUT2D eigenvalue weighted by Gasteiger charge is -1.99. The van der Waals surface area contributed by atoms with Crippen LogP contribution >= 0.6 is 11.6 Å². The molecular formula is C15H10ClNO3. The van der Waals surface area contributed by atoms with Crippen LogP contribution in [0.5, 0.6) is 0 Å². The van der Waals surface area contributed by atoms with E-state index in [0.717, 1.165) is 0 Å². The van der Waals surface area contributed by atoms with E-state index in [4.69, 9.17) is 11.6 Å². The highest BCUT2D eigenvalue weighted by atomic mass is 35.5. The van der Waals surface area contributed by atoms with Crippen molar-refractivity contribution in [3.8, 4) is 0 Å². The number of carbonyl (C=O) groups is 1.